The van der Waals surface area contributed by atoms with E-state index in [9.17, 15) is 18.0 Å². The van der Waals surface area contributed by atoms with Gasteiger partial charge in [-0.05, 0) is 12.1 Å². The topological polar surface area (TPSA) is 85.8 Å². The van der Waals surface area contributed by atoms with Crippen LogP contribution in [0.1, 0.15) is 21.7 Å². The molecule has 2 aromatic rings. The zero-order valence-corrected chi connectivity index (χ0v) is 11.0. The minimum Gasteiger partial charge on any atom is -0.354 e. The minimum atomic E-state index is -4.57. The van der Waals surface area contributed by atoms with Crippen molar-refractivity contribution in [3.63, 3.8) is 0 Å². The van der Waals surface area contributed by atoms with E-state index in [1.807, 2.05) is 0 Å². The molecular formula is C12H12F3N5O. The van der Waals surface area contributed by atoms with Crippen molar-refractivity contribution in [2.45, 2.75) is 12.7 Å². The van der Waals surface area contributed by atoms with Crippen LogP contribution in [0.25, 0.3) is 5.82 Å². The standard InChI is InChI=1S/C12H12F3N5O/c1-17-11(21)8-4-5-20(19-8)10-7(6-16)2-3-9(18-10)12(13,14)15/h2-5H,6,16H2,1H3,(H,17,21). The third-order valence-electron chi connectivity index (χ3n) is 2.73. The molecule has 2 aromatic heterocycles. The second-order valence-electron chi connectivity index (χ2n) is 4.11. The summed E-state index contributed by atoms with van der Waals surface area (Å²) in [7, 11) is 1.43. The lowest BCUT2D eigenvalue weighted by molar-refractivity contribution is -0.141. The number of amides is 1. The molecule has 0 unspecified atom stereocenters. The van der Waals surface area contributed by atoms with Gasteiger partial charge in [0.15, 0.2) is 11.5 Å². The van der Waals surface area contributed by atoms with E-state index in [1.54, 1.807) is 0 Å². The summed E-state index contributed by atoms with van der Waals surface area (Å²) in [5, 5.41) is 6.27. The highest BCUT2D eigenvalue weighted by Crippen LogP contribution is 2.29. The molecule has 6 nitrogen and oxygen atoms in total. The molecule has 21 heavy (non-hydrogen) atoms. The van der Waals surface area contributed by atoms with Gasteiger partial charge in [-0.3, -0.25) is 4.79 Å². The molecule has 0 aliphatic heterocycles. The Morgan fingerprint density at radius 1 is 1.38 bits per heavy atom. The van der Waals surface area contributed by atoms with Crippen LogP contribution < -0.4 is 11.1 Å². The number of carbonyl (C=O) groups is 1. The Morgan fingerprint density at radius 3 is 2.67 bits per heavy atom. The Morgan fingerprint density at radius 2 is 2.10 bits per heavy atom. The number of carbonyl (C=O) groups excluding carboxylic acids is 1. The number of nitrogens with two attached hydrogens (primary N) is 1. The number of nitrogens with zero attached hydrogens (tertiary/aromatic N) is 3. The SMILES string of the molecule is CNC(=O)c1ccn(-c2nc(C(F)(F)F)ccc2CN)n1. The molecule has 0 fully saturated rings. The van der Waals surface area contributed by atoms with Crippen molar-refractivity contribution >= 4 is 5.91 Å². The quantitative estimate of drug-likeness (QED) is 0.889. The lowest BCUT2D eigenvalue weighted by Gasteiger charge is -2.11. The molecule has 9 heteroatoms. The summed E-state index contributed by atoms with van der Waals surface area (Å²) >= 11 is 0. The Hall–Kier alpha value is -2.42. The van der Waals surface area contributed by atoms with Crippen LogP contribution >= 0.6 is 0 Å². The summed E-state index contributed by atoms with van der Waals surface area (Å²) in [6.45, 7) is -0.00433. The van der Waals surface area contributed by atoms with Crippen LogP contribution in [0, 0.1) is 0 Å². The minimum absolute atomic E-state index is 0.00433. The summed E-state index contributed by atoms with van der Waals surface area (Å²) in [6.07, 6.45) is -3.22. The summed E-state index contributed by atoms with van der Waals surface area (Å²) < 4.78 is 39.3. The number of alkyl halides is 3. The van der Waals surface area contributed by atoms with Crippen LogP contribution in [0.3, 0.4) is 0 Å². The fourth-order valence-corrected chi connectivity index (χ4v) is 1.68. The second kappa shape index (κ2) is 5.52. The summed E-state index contributed by atoms with van der Waals surface area (Å²) in [5.41, 5.74) is 4.90. The van der Waals surface area contributed by atoms with Gasteiger partial charge in [-0.2, -0.15) is 18.3 Å². The molecule has 0 radical (unpaired) electrons. The van der Waals surface area contributed by atoms with Gasteiger partial charge in [-0.15, -0.1) is 0 Å². The Balaban J connectivity index is 2.51. The van der Waals surface area contributed by atoms with E-state index in [2.05, 4.69) is 15.4 Å². The van der Waals surface area contributed by atoms with Crippen molar-refractivity contribution in [2.75, 3.05) is 7.05 Å². The van der Waals surface area contributed by atoms with Gasteiger partial charge in [0.1, 0.15) is 5.69 Å². The van der Waals surface area contributed by atoms with Gasteiger partial charge in [0.2, 0.25) is 0 Å². The Bertz CT molecular complexity index is 665. The first-order chi connectivity index (χ1) is 9.86. The number of pyridine rings is 1. The third-order valence-corrected chi connectivity index (χ3v) is 2.73. The molecule has 0 saturated heterocycles. The normalized spacial score (nSPS) is 11.5. The monoisotopic (exact) mass is 299 g/mol. The van der Waals surface area contributed by atoms with Crippen molar-refractivity contribution < 1.29 is 18.0 Å². The second-order valence-corrected chi connectivity index (χ2v) is 4.11. The first-order valence-electron chi connectivity index (χ1n) is 5.92. The smallest absolute Gasteiger partial charge is 0.354 e. The van der Waals surface area contributed by atoms with Crippen molar-refractivity contribution in [1.82, 2.24) is 20.1 Å². The molecule has 2 rings (SSSR count). The Labute approximate surface area is 117 Å². The molecule has 0 aliphatic rings. The largest absolute Gasteiger partial charge is 0.433 e. The number of hydrogen-bond acceptors (Lipinski definition) is 4. The predicted octanol–water partition coefficient (Wildman–Crippen LogP) is 1.10. The van der Waals surface area contributed by atoms with Crippen molar-refractivity contribution in [3.8, 4) is 5.82 Å². The van der Waals surface area contributed by atoms with E-state index in [1.165, 1.54) is 25.4 Å². The number of hydrogen-bond donors (Lipinski definition) is 2. The molecule has 112 valence electrons. The fraction of sp³-hybridized carbons (Fsp3) is 0.250. The first-order valence-corrected chi connectivity index (χ1v) is 5.92. The summed E-state index contributed by atoms with van der Waals surface area (Å²) in [5.74, 6) is -0.502. The molecule has 0 atom stereocenters. The van der Waals surface area contributed by atoms with E-state index < -0.39 is 17.8 Å². The first kappa shape index (κ1) is 15.0. The van der Waals surface area contributed by atoms with Gasteiger partial charge in [-0.1, -0.05) is 6.07 Å². The summed E-state index contributed by atoms with van der Waals surface area (Å²) in [4.78, 5) is 15.0. The highest BCUT2D eigenvalue weighted by molar-refractivity contribution is 5.91. The zero-order chi connectivity index (χ0) is 15.6. The van der Waals surface area contributed by atoms with Gasteiger partial charge in [-0.25, -0.2) is 9.67 Å². The molecule has 0 aliphatic carbocycles. The number of nitrogens with one attached hydrogen (secondary N) is 1. The van der Waals surface area contributed by atoms with E-state index >= 15 is 0 Å². The molecule has 0 bridgehead atoms. The molecule has 0 aromatic carbocycles. The molecule has 1 amide bonds. The summed E-state index contributed by atoms with van der Waals surface area (Å²) in [6, 6.07) is 3.47. The van der Waals surface area contributed by atoms with Gasteiger partial charge < -0.3 is 11.1 Å². The van der Waals surface area contributed by atoms with E-state index in [0.717, 1.165) is 10.7 Å². The third kappa shape index (κ3) is 3.02. The number of aromatic nitrogens is 3. The van der Waals surface area contributed by atoms with Crippen LogP contribution in [0.5, 0.6) is 0 Å². The van der Waals surface area contributed by atoms with Crippen LogP contribution in [-0.4, -0.2) is 27.7 Å². The maximum atomic E-state index is 12.7. The molecule has 0 saturated carbocycles. The van der Waals surface area contributed by atoms with Crippen LogP contribution in [0.4, 0.5) is 13.2 Å². The van der Waals surface area contributed by atoms with Crippen LogP contribution in [0.15, 0.2) is 24.4 Å². The van der Waals surface area contributed by atoms with Crippen molar-refractivity contribution in [2.24, 2.45) is 5.73 Å². The average Bonchev–Trinajstić information content (AvgIpc) is 2.94. The zero-order valence-electron chi connectivity index (χ0n) is 11.0. The van der Waals surface area contributed by atoms with Gasteiger partial charge in [0, 0.05) is 25.4 Å². The van der Waals surface area contributed by atoms with E-state index in [0.29, 0.717) is 5.56 Å². The van der Waals surface area contributed by atoms with Crippen LogP contribution in [-0.2, 0) is 12.7 Å². The fourth-order valence-electron chi connectivity index (χ4n) is 1.68. The lowest BCUT2D eigenvalue weighted by atomic mass is 10.2. The molecule has 0 spiro atoms. The lowest BCUT2D eigenvalue weighted by Crippen LogP contribution is -2.19. The molecule has 2 heterocycles. The average molecular weight is 299 g/mol. The maximum Gasteiger partial charge on any atom is 0.433 e. The van der Waals surface area contributed by atoms with Gasteiger partial charge in [0.05, 0.1) is 0 Å². The van der Waals surface area contributed by atoms with Crippen molar-refractivity contribution in [1.29, 1.82) is 0 Å². The van der Waals surface area contributed by atoms with Gasteiger partial charge >= 0.3 is 6.18 Å². The van der Waals surface area contributed by atoms with E-state index in [-0.39, 0.29) is 18.1 Å². The van der Waals surface area contributed by atoms with Crippen molar-refractivity contribution in [3.05, 3.63) is 41.3 Å². The predicted molar refractivity (Wildman–Crippen MR) is 67.6 cm³/mol. The Kier molecular flexibility index (Phi) is 3.94. The van der Waals surface area contributed by atoms with Crippen LogP contribution in [0.2, 0.25) is 0 Å². The molecule has 3 N–H and O–H groups in total. The highest BCUT2D eigenvalue weighted by Gasteiger charge is 2.33. The van der Waals surface area contributed by atoms with E-state index in [4.69, 9.17) is 5.73 Å². The molecular weight excluding hydrogens is 287 g/mol. The highest BCUT2D eigenvalue weighted by atomic mass is 19.4. The maximum absolute atomic E-state index is 12.7. The van der Waals surface area contributed by atoms with Gasteiger partial charge in [0.25, 0.3) is 5.91 Å². The number of halogens is 3. The number of rotatable bonds is 3.